The maximum Gasteiger partial charge on any atom is 0.164 e. The van der Waals surface area contributed by atoms with E-state index in [1.807, 2.05) is 19.9 Å². The molecule has 1 N–H and O–H groups in total. The second-order valence-corrected chi connectivity index (χ2v) is 6.58. The van der Waals surface area contributed by atoms with Gasteiger partial charge in [-0.25, -0.2) is 0 Å². The van der Waals surface area contributed by atoms with Crippen molar-refractivity contribution in [2.75, 3.05) is 27.3 Å². The first-order valence-electron chi connectivity index (χ1n) is 7.85. The number of methoxy groups -OCH3 is 2. The van der Waals surface area contributed by atoms with Gasteiger partial charge in [0.25, 0.3) is 0 Å². The smallest absolute Gasteiger partial charge is 0.164 e. The molecule has 0 bridgehead atoms. The molecule has 3 rings (SSSR count). The van der Waals surface area contributed by atoms with Gasteiger partial charge in [-0.15, -0.1) is 0 Å². The van der Waals surface area contributed by atoms with Crippen LogP contribution >= 0.6 is 0 Å². The van der Waals surface area contributed by atoms with Crippen LogP contribution in [0.1, 0.15) is 38.4 Å². The molecular formula is C17H25NO4. The summed E-state index contributed by atoms with van der Waals surface area (Å²) in [4.78, 5) is 2.34. The van der Waals surface area contributed by atoms with E-state index in [0.717, 1.165) is 18.7 Å². The fourth-order valence-corrected chi connectivity index (χ4v) is 3.75. The Balaban J connectivity index is 2.03. The topological polar surface area (TPSA) is 51.2 Å². The standard InChI is InChI=1S/C17H25NO4/c1-17(2)16(18-7-5-6-8-18)15(19)11-9-13(20-3)14(21-4)10-12(11)22-17/h9-10,15-16,19H,5-8H2,1-4H3. The van der Waals surface area contributed by atoms with Gasteiger partial charge in [0.1, 0.15) is 17.5 Å². The highest BCUT2D eigenvalue weighted by Crippen LogP contribution is 2.47. The van der Waals surface area contributed by atoms with Gasteiger partial charge in [0, 0.05) is 11.6 Å². The predicted molar refractivity (Wildman–Crippen MR) is 83.8 cm³/mol. The maximum absolute atomic E-state index is 11.0. The number of likely N-dealkylation sites (tertiary alicyclic amines) is 1. The Kier molecular flexibility index (Phi) is 3.95. The van der Waals surface area contributed by atoms with Crippen molar-refractivity contribution in [3.8, 4) is 17.2 Å². The van der Waals surface area contributed by atoms with Crippen molar-refractivity contribution < 1.29 is 19.3 Å². The summed E-state index contributed by atoms with van der Waals surface area (Å²) < 4.78 is 16.9. The van der Waals surface area contributed by atoms with Crippen LogP contribution in [0.25, 0.3) is 0 Å². The number of rotatable bonds is 3. The summed E-state index contributed by atoms with van der Waals surface area (Å²) in [7, 11) is 3.20. The van der Waals surface area contributed by atoms with Gasteiger partial charge in [-0.05, 0) is 45.8 Å². The molecule has 2 unspecified atom stereocenters. The first-order chi connectivity index (χ1) is 10.5. The van der Waals surface area contributed by atoms with Gasteiger partial charge in [0.05, 0.1) is 20.3 Å². The van der Waals surface area contributed by atoms with Crippen LogP contribution in [-0.2, 0) is 0 Å². The lowest BCUT2D eigenvalue weighted by Crippen LogP contribution is -2.57. The molecule has 0 spiro atoms. The molecule has 1 aromatic rings. The Morgan fingerprint density at radius 3 is 2.32 bits per heavy atom. The fourth-order valence-electron chi connectivity index (χ4n) is 3.75. The second-order valence-electron chi connectivity index (χ2n) is 6.58. The molecule has 0 aliphatic carbocycles. The molecule has 2 heterocycles. The van der Waals surface area contributed by atoms with E-state index in [9.17, 15) is 5.11 Å². The minimum Gasteiger partial charge on any atom is -0.493 e. The fraction of sp³-hybridized carbons (Fsp3) is 0.647. The molecule has 2 atom stereocenters. The second kappa shape index (κ2) is 5.63. The molecule has 0 amide bonds. The number of aliphatic hydroxyl groups excluding tert-OH is 1. The number of nitrogens with zero attached hydrogens (tertiary/aromatic N) is 1. The third-order valence-corrected chi connectivity index (χ3v) is 4.75. The molecule has 0 saturated carbocycles. The number of hydrogen-bond donors (Lipinski definition) is 1. The van der Waals surface area contributed by atoms with Crippen LogP contribution < -0.4 is 14.2 Å². The summed E-state index contributed by atoms with van der Waals surface area (Å²) in [6.45, 7) is 6.10. The summed E-state index contributed by atoms with van der Waals surface area (Å²) in [5, 5.41) is 11.0. The first-order valence-corrected chi connectivity index (χ1v) is 7.85. The lowest BCUT2D eigenvalue weighted by atomic mass is 9.85. The SMILES string of the molecule is COc1cc2c(cc1OC)C(O)C(N1CCCC1)C(C)(C)O2. The van der Waals surface area contributed by atoms with E-state index in [1.165, 1.54) is 12.8 Å². The Morgan fingerprint density at radius 2 is 1.73 bits per heavy atom. The van der Waals surface area contributed by atoms with Gasteiger partial charge in [0.2, 0.25) is 0 Å². The van der Waals surface area contributed by atoms with E-state index in [0.29, 0.717) is 17.2 Å². The highest BCUT2D eigenvalue weighted by atomic mass is 16.5. The molecule has 122 valence electrons. The molecule has 5 nitrogen and oxygen atoms in total. The third kappa shape index (κ3) is 2.42. The predicted octanol–water partition coefficient (Wildman–Crippen LogP) is 2.37. The molecule has 2 aliphatic rings. The van der Waals surface area contributed by atoms with Crippen LogP contribution in [0, 0.1) is 0 Å². The monoisotopic (exact) mass is 307 g/mol. The molecule has 22 heavy (non-hydrogen) atoms. The van der Waals surface area contributed by atoms with Gasteiger partial charge in [-0.2, -0.15) is 0 Å². The van der Waals surface area contributed by atoms with E-state index in [-0.39, 0.29) is 6.04 Å². The summed E-state index contributed by atoms with van der Waals surface area (Å²) in [5.41, 5.74) is 0.310. The van der Waals surface area contributed by atoms with Crippen LogP contribution in [0.5, 0.6) is 17.2 Å². The molecule has 5 heteroatoms. The van der Waals surface area contributed by atoms with Crippen molar-refractivity contribution in [3.63, 3.8) is 0 Å². The van der Waals surface area contributed by atoms with Gasteiger partial charge in [-0.1, -0.05) is 0 Å². The molecule has 1 saturated heterocycles. The van der Waals surface area contributed by atoms with Crippen LogP contribution in [0.4, 0.5) is 0 Å². The van der Waals surface area contributed by atoms with E-state index >= 15 is 0 Å². The zero-order valence-corrected chi connectivity index (χ0v) is 13.8. The molecule has 1 fully saturated rings. The number of benzene rings is 1. The van der Waals surface area contributed by atoms with Crippen LogP contribution in [0.3, 0.4) is 0 Å². The Hall–Kier alpha value is -1.46. The van der Waals surface area contributed by atoms with Crippen molar-refractivity contribution in [2.24, 2.45) is 0 Å². The first kappa shape index (κ1) is 15.4. The molecule has 1 aromatic carbocycles. The minimum absolute atomic E-state index is 0.0550. The number of hydrogen-bond acceptors (Lipinski definition) is 5. The molecule has 2 aliphatic heterocycles. The van der Waals surface area contributed by atoms with Crippen LogP contribution in [0.15, 0.2) is 12.1 Å². The maximum atomic E-state index is 11.0. The summed E-state index contributed by atoms with van der Waals surface area (Å²) in [5.74, 6) is 1.90. The van der Waals surface area contributed by atoms with Gasteiger partial charge in [0.15, 0.2) is 11.5 Å². The number of fused-ring (bicyclic) bond motifs is 1. The molecular weight excluding hydrogens is 282 g/mol. The lowest BCUT2D eigenvalue weighted by Gasteiger charge is -2.47. The summed E-state index contributed by atoms with van der Waals surface area (Å²) in [6.07, 6.45) is 1.76. The highest BCUT2D eigenvalue weighted by Gasteiger charge is 2.47. The van der Waals surface area contributed by atoms with Crippen molar-refractivity contribution in [1.29, 1.82) is 0 Å². The summed E-state index contributed by atoms with van der Waals surface area (Å²) >= 11 is 0. The highest BCUT2D eigenvalue weighted by molar-refractivity contribution is 5.53. The number of aliphatic hydroxyl groups is 1. The normalized spacial score (nSPS) is 27.1. The Bertz CT molecular complexity index is 552. The lowest BCUT2D eigenvalue weighted by molar-refractivity contribution is -0.0759. The third-order valence-electron chi connectivity index (χ3n) is 4.75. The zero-order chi connectivity index (χ0) is 15.9. The average Bonchev–Trinajstić information content (AvgIpc) is 2.99. The average molecular weight is 307 g/mol. The van der Waals surface area contributed by atoms with Crippen LogP contribution in [0.2, 0.25) is 0 Å². The summed E-state index contributed by atoms with van der Waals surface area (Å²) in [6, 6.07) is 3.58. The van der Waals surface area contributed by atoms with E-state index in [2.05, 4.69) is 4.90 Å². The Labute approximate surface area is 131 Å². The Morgan fingerprint density at radius 1 is 1.14 bits per heavy atom. The van der Waals surface area contributed by atoms with E-state index in [4.69, 9.17) is 14.2 Å². The largest absolute Gasteiger partial charge is 0.493 e. The van der Waals surface area contributed by atoms with Gasteiger partial charge < -0.3 is 19.3 Å². The van der Waals surface area contributed by atoms with E-state index in [1.54, 1.807) is 20.3 Å². The van der Waals surface area contributed by atoms with Crippen molar-refractivity contribution in [2.45, 2.75) is 44.4 Å². The van der Waals surface area contributed by atoms with Crippen molar-refractivity contribution in [3.05, 3.63) is 17.7 Å². The number of ether oxygens (including phenoxy) is 3. The molecule has 0 radical (unpaired) electrons. The zero-order valence-electron chi connectivity index (χ0n) is 13.8. The quantitative estimate of drug-likeness (QED) is 0.929. The van der Waals surface area contributed by atoms with Crippen molar-refractivity contribution in [1.82, 2.24) is 4.90 Å². The van der Waals surface area contributed by atoms with Gasteiger partial charge >= 0.3 is 0 Å². The van der Waals surface area contributed by atoms with E-state index < -0.39 is 11.7 Å². The minimum atomic E-state index is -0.600. The van der Waals surface area contributed by atoms with Crippen LogP contribution in [-0.4, -0.2) is 49.0 Å². The van der Waals surface area contributed by atoms with Crippen molar-refractivity contribution >= 4 is 0 Å². The molecule has 0 aromatic heterocycles. The van der Waals surface area contributed by atoms with Gasteiger partial charge in [-0.3, -0.25) is 4.90 Å².